The Balaban J connectivity index is 0.00000320. The number of aliphatic imine (C=N–C) groups is 1. The molecule has 8 heteroatoms. The molecule has 7 nitrogen and oxygen atoms in total. The zero-order valence-corrected chi connectivity index (χ0v) is 21.2. The summed E-state index contributed by atoms with van der Waals surface area (Å²) in [5, 5.41) is 3.48. The third kappa shape index (κ3) is 9.54. The van der Waals surface area contributed by atoms with Crippen LogP contribution >= 0.6 is 24.0 Å². The van der Waals surface area contributed by atoms with E-state index in [0.717, 1.165) is 97.3 Å². The number of hydrogen-bond donors (Lipinski definition) is 1. The van der Waals surface area contributed by atoms with Crippen molar-refractivity contribution >= 4 is 29.9 Å². The van der Waals surface area contributed by atoms with Crippen LogP contribution in [-0.4, -0.2) is 100 Å². The van der Waals surface area contributed by atoms with Gasteiger partial charge in [0.2, 0.25) is 0 Å². The van der Waals surface area contributed by atoms with Crippen LogP contribution in [0.3, 0.4) is 0 Å². The molecule has 0 bridgehead atoms. The average Bonchev–Trinajstić information content (AvgIpc) is 2.78. The van der Waals surface area contributed by atoms with Crippen LogP contribution in [0.5, 0.6) is 0 Å². The number of guanidine groups is 1. The van der Waals surface area contributed by atoms with E-state index < -0.39 is 0 Å². The third-order valence-corrected chi connectivity index (χ3v) is 6.12. The molecule has 3 rings (SSSR count). The number of halogens is 1. The number of hydrogen-bond acceptors (Lipinski definition) is 5. The first-order valence-electron chi connectivity index (χ1n) is 11.9. The van der Waals surface area contributed by atoms with Crippen molar-refractivity contribution in [1.29, 1.82) is 0 Å². The first kappa shape index (κ1) is 26.1. The number of nitrogens with one attached hydrogen (secondary N) is 1. The number of unbranched alkanes of at least 4 members (excludes halogenated alkanes) is 1. The quantitative estimate of drug-likeness (QED) is 0.211. The smallest absolute Gasteiger partial charge is 0.193 e. The lowest BCUT2D eigenvalue weighted by atomic mass is 10.1. The van der Waals surface area contributed by atoms with Gasteiger partial charge in [-0.1, -0.05) is 0 Å². The maximum atomic E-state index is 6.16. The lowest BCUT2D eigenvalue weighted by Gasteiger charge is -2.35. The molecule has 0 spiro atoms. The Bertz CT molecular complexity index is 463. The van der Waals surface area contributed by atoms with Gasteiger partial charge in [0.05, 0.1) is 32.0 Å². The maximum Gasteiger partial charge on any atom is 0.193 e. The van der Waals surface area contributed by atoms with E-state index in [0.29, 0.717) is 12.2 Å². The summed E-state index contributed by atoms with van der Waals surface area (Å²) in [7, 11) is 0. The summed E-state index contributed by atoms with van der Waals surface area (Å²) >= 11 is 0. The van der Waals surface area contributed by atoms with Gasteiger partial charge < -0.3 is 24.4 Å². The highest BCUT2D eigenvalue weighted by Gasteiger charge is 2.23. The number of morpholine rings is 1. The van der Waals surface area contributed by atoms with Gasteiger partial charge in [0.15, 0.2) is 5.96 Å². The second-order valence-electron chi connectivity index (χ2n) is 8.41. The molecule has 0 amide bonds. The van der Waals surface area contributed by atoms with Crippen molar-refractivity contribution in [2.75, 3.05) is 72.2 Å². The minimum atomic E-state index is 0. The fraction of sp³-hybridized carbons (Fsp3) is 0.955. The number of likely N-dealkylation sites (tertiary alicyclic amines) is 1. The van der Waals surface area contributed by atoms with Gasteiger partial charge in [-0.15, -0.1) is 24.0 Å². The van der Waals surface area contributed by atoms with E-state index in [1.54, 1.807) is 0 Å². The second-order valence-corrected chi connectivity index (χ2v) is 8.41. The molecule has 0 aromatic heterocycles. The Hall–Kier alpha value is -0.160. The van der Waals surface area contributed by atoms with Gasteiger partial charge in [-0.3, -0.25) is 9.89 Å². The van der Waals surface area contributed by atoms with Gasteiger partial charge in [-0.25, -0.2) is 0 Å². The highest BCUT2D eigenvalue weighted by atomic mass is 127. The highest BCUT2D eigenvalue weighted by molar-refractivity contribution is 14.0. The molecular formula is C22H43IN4O3. The molecule has 176 valence electrons. The SMILES string of the molecule is CCNC(=NCCCCN1CCOCC1)N1CCC(OCC2CCCCO2)CC1.I. The van der Waals surface area contributed by atoms with Crippen LogP contribution in [0, 0.1) is 0 Å². The summed E-state index contributed by atoms with van der Waals surface area (Å²) in [6.45, 7) is 12.8. The Kier molecular flexibility index (Phi) is 13.6. The number of piperidine rings is 1. The second kappa shape index (κ2) is 15.6. The van der Waals surface area contributed by atoms with E-state index in [2.05, 4.69) is 22.0 Å². The van der Waals surface area contributed by atoms with Crippen molar-refractivity contribution in [1.82, 2.24) is 15.1 Å². The van der Waals surface area contributed by atoms with Gasteiger partial charge in [0.25, 0.3) is 0 Å². The van der Waals surface area contributed by atoms with Crippen LogP contribution in [0.15, 0.2) is 4.99 Å². The monoisotopic (exact) mass is 538 g/mol. The summed E-state index contributed by atoms with van der Waals surface area (Å²) in [4.78, 5) is 9.80. The minimum absolute atomic E-state index is 0. The largest absolute Gasteiger partial charge is 0.379 e. The van der Waals surface area contributed by atoms with Crippen LogP contribution in [-0.2, 0) is 14.2 Å². The molecule has 0 aromatic carbocycles. The normalized spacial score (nSPS) is 24.5. The Morgan fingerprint density at radius 2 is 1.83 bits per heavy atom. The molecule has 1 atom stereocenters. The van der Waals surface area contributed by atoms with E-state index >= 15 is 0 Å². The van der Waals surface area contributed by atoms with Gasteiger partial charge >= 0.3 is 0 Å². The van der Waals surface area contributed by atoms with Crippen molar-refractivity contribution in [3.05, 3.63) is 0 Å². The molecule has 30 heavy (non-hydrogen) atoms. The van der Waals surface area contributed by atoms with Gasteiger partial charge in [0, 0.05) is 45.9 Å². The standard InChI is InChI=1S/C22H42N4O3.HI/c1-2-23-22(24-10-4-5-11-25-14-17-27-18-15-25)26-12-8-20(9-13-26)29-19-21-7-3-6-16-28-21;/h20-21H,2-19H2,1H3,(H,23,24);1H. The Labute approximate surface area is 200 Å². The lowest BCUT2D eigenvalue weighted by Crippen LogP contribution is -2.47. The fourth-order valence-electron chi connectivity index (χ4n) is 4.30. The fourth-order valence-corrected chi connectivity index (χ4v) is 4.30. The number of rotatable bonds is 9. The summed E-state index contributed by atoms with van der Waals surface area (Å²) in [6.07, 6.45) is 8.83. The topological polar surface area (TPSA) is 58.6 Å². The summed E-state index contributed by atoms with van der Waals surface area (Å²) in [5.41, 5.74) is 0. The van der Waals surface area contributed by atoms with Crippen LogP contribution < -0.4 is 5.32 Å². The van der Waals surface area contributed by atoms with Crippen LogP contribution in [0.1, 0.15) is 51.9 Å². The summed E-state index contributed by atoms with van der Waals surface area (Å²) < 4.78 is 17.4. The first-order chi connectivity index (χ1) is 14.3. The van der Waals surface area contributed by atoms with E-state index in [4.69, 9.17) is 19.2 Å². The van der Waals surface area contributed by atoms with Crippen LogP contribution in [0.4, 0.5) is 0 Å². The van der Waals surface area contributed by atoms with Gasteiger partial charge in [-0.05, 0) is 58.4 Å². The molecule has 0 aliphatic carbocycles. The third-order valence-electron chi connectivity index (χ3n) is 6.12. The molecule has 3 heterocycles. The zero-order chi connectivity index (χ0) is 20.2. The van der Waals surface area contributed by atoms with E-state index in [1.807, 2.05) is 0 Å². The van der Waals surface area contributed by atoms with Crippen molar-refractivity contribution in [3.63, 3.8) is 0 Å². The van der Waals surface area contributed by atoms with E-state index in [9.17, 15) is 0 Å². The minimum Gasteiger partial charge on any atom is -0.379 e. The predicted octanol–water partition coefficient (Wildman–Crippen LogP) is 2.73. The molecule has 0 radical (unpaired) electrons. The van der Waals surface area contributed by atoms with Crippen molar-refractivity contribution in [2.24, 2.45) is 4.99 Å². The lowest BCUT2D eigenvalue weighted by molar-refractivity contribution is -0.0721. The Morgan fingerprint density at radius 1 is 1.03 bits per heavy atom. The van der Waals surface area contributed by atoms with Crippen LogP contribution in [0.25, 0.3) is 0 Å². The molecule has 3 aliphatic heterocycles. The summed E-state index contributed by atoms with van der Waals surface area (Å²) in [6, 6.07) is 0. The zero-order valence-electron chi connectivity index (χ0n) is 18.9. The molecular weight excluding hydrogens is 495 g/mol. The maximum absolute atomic E-state index is 6.16. The van der Waals surface area contributed by atoms with Crippen molar-refractivity contribution in [2.45, 2.75) is 64.1 Å². The molecule has 3 fully saturated rings. The molecule has 0 saturated carbocycles. The van der Waals surface area contributed by atoms with Gasteiger partial charge in [-0.2, -0.15) is 0 Å². The molecule has 1 N–H and O–H groups in total. The first-order valence-corrected chi connectivity index (χ1v) is 11.9. The van der Waals surface area contributed by atoms with E-state index in [1.165, 1.54) is 25.8 Å². The van der Waals surface area contributed by atoms with Crippen molar-refractivity contribution < 1.29 is 14.2 Å². The molecule has 1 unspecified atom stereocenters. The van der Waals surface area contributed by atoms with Gasteiger partial charge in [0.1, 0.15) is 0 Å². The Morgan fingerprint density at radius 3 is 2.53 bits per heavy atom. The molecule has 0 aromatic rings. The number of nitrogens with zero attached hydrogens (tertiary/aromatic N) is 3. The van der Waals surface area contributed by atoms with E-state index in [-0.39, 0.29) is 24.0 Å². The van der Waals surface area contributed by atoms with Crippen molar-refractivity contribution in [3.8, 4) is 0 Å². The average molecular weight is 539 g/mol. The molecule has 3 aliphatic rings. The number of ether oxygens (including phenoxy) is 3. The molecule has 3 saturated heterocycles. The summed E-state index contributed by atoms with van der Waals surface area (Å²) in [5.74, 6) is 1.08. The van der Waals surface area contributed by atoms with Crippen LogP contribution in [0.2, 0.25) is 0 Å². The predicted molar refractivity (Wildman–Crippen MR) is 132 cm³/mol. The highest BCUT2D eigenvalue weighted by Crippen LogP contribution is 2.18.